The first-order chi connectivity index (χ1) is 13.0. The smallest absolute Gasteiger partial charge is 0.243 e. The van der Waals surface area contributed by atoms with E-state index in [1.165, 1.54) is 15.6 Å². The second-order valence-corrected chi connectivity index (χ2v) is 9.32. The lowest BCUT2D eigenvalue weighted by Crippen LogP contribution is -2.28. The lowest BCUT2D eigenvalue weighted by atomic mass is 10.2. The normalized spacial score (nSPS) is 15.0. The Morgan fingerprint density at radius 3 is 2.37 bits per heavy atom. The Morgan fingerprint density at radius 2 is 1.74 bits per heavy atom. The maximum absolute atomic E-state index is 12.5. The molecule has 0 unspecified atom stereocenters. The zero-order valence-corrected chi connectivity index (χ0v) is 16.5. The van der Waals surface area contributed by atoms with Gasteiger partial charge in [0.25, 0.3) is 0 Å². The Balaban J connectivity index is 1.48. The summed E-state index contributed by atoms with van der Waals surface area (Å²) in [6, 6.07) is 10.1. The summed E-state index contributed by atoms with van der Waals surface area (Å²) in [6.07, 6.45) is 2.12. The third-order valence-corrected chi connectivity index (χ3v) is 7.31. The van der Waals surface area contributed by atoms with Crippen molar-refractivity contribution in [2.24, 2.45) is 0 Å². The number of nitrogens with zero attached hydrogens (tertiary/aromatic N) is 1. The highest BCUT2D eigenvalue weighted by Gasteiger charge is 2.26. The van der Waals surface area contributed by atoms with Crippen molar-refractivity contribution in [2.75, 3.05) is 13.1 Å². The van der Waals surface area contributed by atoms with E-state index in [9.17, 15) is 18.0 Å². The number of carbonyl (C=O) groups is 2. The molecule has 27 heavy (non-hydrogen) atoms. The number of nitrogens with one attached hydrogen (secondary N) is 1. The molecule has 1 saturated heterocycles. The highest BCUT2D eigenvalue weighted by Crippen LogP contribution is 2.21. The average molecular weight is 407 g/mol. The molecule has 1 aliphatic rings. The third-order valence-electron chi connectivity index (χ3n) is 4.49. The predicted molar refractivity (Wildman–Crippen MR) is 104 cm³/mol. The Hall–Kier alpha value is -2.03. The van der Waals surface area contributed by atoms with Gasteiger partial charge in [0, 0.05) is 32.5 Å². The highest BCUT2D eigenvalue weighted by molar-refractivity contribution is 7.89. The quantitative estimate of drug-likeness (QED) is 0.684. The van der Waals surface area contributed by atoms with Crippen molar-refractivity contribution < 1.29 is 18.0 Å². The minimum Gasteiger partial charge on any atom is -0.352 e. The van der Waals surface area contributed by atoms with Crippen LogP contribution in [0.15, 0.2) is 46.7 Å². The zero-order valence-electron chi connectivity index (χ0n) is 14.9. The van der Waals surface area contributed by atoms with Gasteiger partial charge in [0.05, 0.1) is 9.77 Å². The van der Waals surface area contributed by atoms with Crippen molar-refractivity contribution in [3.8, 4) is 0 Å². The third kappa shape index (κ3) is 5.03. The molecule has 0 spiro atoms. The summed E-state index contributed by atoms with van der Waals surface area (Å²) in [5.41, 5.74) is 0.813. The van der Waals surface area contributed by atoms with Crippen LogP contribution in [0.2, 0.25) is 0 Å². The largest absolute Gasteiger partial charge is 0.352 e. The van der Waals surface area contributed by atoms with Crippen LogP contribution in [0, 0.1) is 0 Å². The molecule has 144 valence electrons. The molecule has 2 aromatic rings. The molecule has 6 nitrogen and oxygen atoms in total. The van der Waals surface area contributed by atoms with Crippen LogP contribution in [0.4, 0.5) is 0 Å². The standard InChI is InChI=1S/C19H22N2O4S2/c22-17(18-4-3-13-26-18)9-10-19(23)20-14-15-5-7-16(8-6-15)27(24,25)21-11-1-2-12-21/h3-8,13H,1-2,9-12,14H2,(H,20,23). The number of Topliss-reactive ketones (excluding diaryl/α,β-unsaturated/α-hetero) is 1. The maximum atomic E-state index is 12.5. The van der Waals surface area contributed by atoms with E-state index in [4.69, 9.17) is 0 Å². The van der Waals surface area contributed by atoms with Gasteiger partial charge in [-0.2, -0.15) is 4.31 Å². The maximum Gasteiger partial charge on any atom is 0.243 e. The number of benzene rings is 1. The van der Waals surface area contributed by atoms with Gasteiger partial charge in [-0.25, -0.2) is 8.42 Å². The summed E-state index contributed by atoms with van der Waals surface area (Å²) in [5.74, 6) is -0.231. The number of carbonyl (C=O) groups excluding carboxylic acids is 2. The summed E-state index contributed by atoms with van der Waals surface area (Å²) in [5, 5.41) is 4.60. The molecule has 1 aromatic carbocycles. The van der Waals surface area contributed by atoms with Crippen LogP contribution in [0.5, 0.6) is 0 Å². The Labute approximate surface area is 163 Å². The molecular weight excluding hydrogens is 384 g/mol. The fourth-order valence-corrected chi connectivity index (χ4v) is 5.14. The van der Waals surface area contributed by atoms with Gasteiger partial charge in [-0.1, -0.05) is 18.2 Å². The number of hydrogen-bond acceptors (Lipinski definition) is 5. The van der Waals surface area contributed by atoms with Crippen molar-refractivity contribution in [1.82, 2.24) is 9.62 Å². The van der Waals surface area contributed by atoms with Gasteiger partial charge < -0.3 is 5.32 Å². The minimum absolute atomic E-state index is 0.0309. The van der Waals surface area contributed by atoms with E-state index in [0.717, 1.165) is 18.4 Å². The first-order valence-corrected chi connectivity index (χ1v) is 11.2. The number of hydrogen-bond donors (Lipinski definition) is 1. The van der Waals surface area contributed by atoms with Gasteiger partial charge in [-0.05, 0) is 42.0 Å². The Bertz CT molecular complexity index is 884. The van der Waals surface area contributed by atoms with Crippen molar-refractivity contribution in [3.05, 3.63) is 52.2 Å². The molecule has 1 fully saturated rings. The van der Waals surface area contributed by atoms with Crippen LogP contribution < -0.4 is 5.32 Å². The molecular formula is C19H22N2O4S2. The molecule has 1 N–H and O–H groups in total. The molecule has 2 heterocycles. The minimum atomic E-state index is -3.42. The lowest BCUT2D eigenvalue weighted by molar-refractivity contribution is -0.121. The van der Waals surface area contributed by atoms with Gasteiger partial charge >= 0.3 is 0 Å². The molecule has 0 bridgehead atoms. The van der Waals surface area contributed by atoms with Crippen LogP contribution in [0.1, 0.15) is 40.9 Å². The van der Waals surface area contributed by atoms with Crippen LogP contribution >= 0.6 is 11.3 Å². The van der Waals surface area contributed by atoms with Gasteiger partial charge in [0.15, 0.2) is 5.78 Å². The highest BCUT2D eigenvalue weighted by atomic mass is 32.2. The number of thiophene rings is 1. The van der Waals surface area contributed by atoms with Crippen molar-refractivity contribution in [1.29, 1.82) is 0 Å². The monoisotopic (exact) mass is 406 g/mol. The number of sulfonamides is 1. The molecule has 1 amide bonds. The van der Waals surface area contributed by atoms with Gasteiger partial charge in [0.1, 0.15) is 0 Å². The van der Waals surface area contributed by atoms with Crippen LogP contribution in [0.3, 0.4) is 0 Å². The molecule has 0 atom stereocenters. The van der Waals surface area contributed by atoms with E-state index >= 15 is 0 Å². The number of amides is 1. The number of ketones is 1. The van der Waals surface area contributed by atoms with E-state index in [1.54, 1.807) is 30.3 Å². The van der Waals surface area contributed by atoms with E-state index in [0.29, 0.717) is 24.5 Å². The van der Waals surface area contributed by atoms with Crippen LogP contribution in [0.25, 0.3) is 0 Å². The summed E-state index contributed by atoms with van der Waals surface area (Å²) >= 11 is 1.37. The van der Waals surface area contributed by atoms with Gasteiger partial charge in [-0.15, -0.1) is 11.3 Å². The summed E-state index contributed by atoms with van der Waals surface area (Å²) in [4.78, 5) is 24.8. The van der Waals surface area contributed by atoms with Gasteiger partial charge in [-0.3, -0.25) is 9.59 Å². The van der Waals surface area contributed by atoms with E-state index in [2.05, 4.69) is 5.32 Å². The molecule has 1 aliphatic heterocycles. The van der Waals surface area contributed by atoms with Crippen molar-refractivity contribution in [3.63, 3.8) is 0 Å². The average Bonchev–Trinajstić information content (AvgIpc) is 3.38. The van der Waals surface area contributed by atoms with Crippen molar-refractivity contribution in [2.45, 2.75) is 37.1 Å². The Kier molecular flexibility index (Phi) is 6.41. The second kappa shape index (κ2) is 8.77. The van der Waals surface area contributed by atoms with E-state index in [-0.39, 0.29) is 29.4 Å². The summed E-state index contributed by atoms with van der Waals surface area (Å²) in [6.45, 7) is 1.45. The SMILES string of the molecule is O=C(CCC(=O)c1cccs1)NCc1ccc(S(=O)(=O)N2CCCC2)cc1. The fourth-order valence-electron chi connectivity index (χ4n) is 2.93. The van der Waals surface area contributed by atoms with E-state index < -0.39 is 10.0 Å². The topological polar surface area (TPSA) is 83.5 Å². The Morgan fingerprint density at radius 1 is 1.04 bits per heavy atom. The van der Waals surface area contributed by atoms with Crippen LogP contribution in [-0.2, 0) is 21.4 Å². The van der Waals surface area contributed by atoms with Crippen molar-refractivity contribution >= 4 is 33.1 Å². The predicted octanol–water partition coefficient (Wildman–Crippen LogP) is 2.81. The first-order valence-electron chi connectivity index (χ1n) is 8.89. The fraction of sp³-hybridized carbons (Fsp3) is 0.368. The summed E-state index contributed by atoms with van der Waals surface area (Å²) < 4.78 is 26.5. The molecule has 0 radical (unpaired) electrons. The zero-order chi connectivity index (χ0) is 19.3. The lowest BCUT2D eigenvalue weighted by Gasteiger charge is -2.15. The summed E-state index contributed by atoms with van der Waals surface area (Å²) in [7, 11) is -3.42. The molecule has 1 aromatic heterocycles. The molecule has 0 aliphatic carbocycles. The number of rotatable bonds is 8. The van der Waals surface area contributed by atoms with E-state index in [1.807, 2.05) is 11.4 Å². The molecule has 0 saturated carbocycles. The molecule has 3 rings (SSSR count). The van der Waals surface area contributed by atoms with Crippen LogP contribution in [-0.4, -0.2) is 37.5 Å². The second-order valence-electron chi connectivity index (χ2n) is 6.43. The first kappa shape index (κ1) is 19.7. The molecule has 8 heteroatoms. The van der Waals surface area contributed by atoms with Gasteiger partial charge in [0.2, 0.25) is 15.9 Å².